The summed E-state index contributed by atoms with van der Waals surface area (Å²) in [6.45, 7) is 2.80. The third-order valence-corrected chi connectivity index (χ3v) is 4.77. The van der Waals surface area contributed by atoms with Gasteiger partial charge in [0.15, 0.2) is 0 Å². The van der Waals surface area contributed by atoms with E-state index in [0.29, 0.717) is 18.5 Å². The molecule has 3 rings (SSSR count). The van der Waals surface area contributed by atoms with Gasteiger partial charge in [0, 0.05) is 12.0 Å². The third kappa shape index (κ3) is 2.90. The van der Waals surface area contributed by atoms with E-state index in [1.54, 1.807) is 6.26 Å². The van der Waals surface area contributed by atoms with Crippen molar-refractivity contribution in [2.75, 3.05) is 20.1 Å². The highest BCUT2D eigenvalue weighted by Gasteiger charge is 2.34. The minimum absolute atomic E-state index is 0.268. The summed E-state index contributed by atoms with van der Waals surface area (Å²) in [6.07, 6.45) is 7.19. The van der Waals surface area contributed by atoms with Crippen LogP contribution in [0.25, 0.3) is 0 Å². The molecule has 1 aliphatic heterocycles. The van der Waals surface area contributed by atoms with Gasteiger partial charge in [-0.25, -0.2) is 0 Å². The first kappa shape index (κ1) is 13.7. The van der Waals surface area contributed by atoms with Crippen molar-refractivity contribution in [3.63, 3.8) is 0 Å². The molecule has 110 valence electrons. The van der Waals surface area contributed by atoms with Crippen molar-refractivity contribution in [1.82, 2.24) is 9.80 Å². The summed E-state index contributed by atoms with van der Waals surface area (Å²) >= 11 is 0. The highest BCUT2D eigenvalue weighted by molar-refractivity contribution is 5.79. The second-order valence-corrected chi connectivity index (χ2v) is 6.21. The average Bonchev–Trinajstić information content (AvgIpc) is 2.88. The molecule has 0 atom stereocenters. The molecule has 1 aromatic heterocycles. The van der Waals surface area contributed by atoms with Crippen molar-refractivity contribution in [2.24, 2.45) is 5.92 Å². The van der Waals surface area contributed by atoms with Crippen molar-refractivity contribution in [1.29, 1.82) is 0 Å². The summed E-state index contributed by atoms with van der Waals surface area (Å²) in [7, 11) is 2.15. The Labute approximate surface area is 120 Å². The molecule has 1 aromatic rings. The van der Waals surface area contributed by atoms with Crippen LogP contribution in [0.4, 0.5) is 0 Å². The van der Waals surface area contributed by atoms with Crippen LogP contribution in [0, 0.1) is 5.92 Å². The number of carbonyl (C=O) groups is 1. The Morgan fingerprint density at radius 1 is 1.35 bits per heavy atom. The van der Waals surface area contributed by atoms with Crippen LogP contribution in [0.1, 0.15) is 37.9 Å². The maximum atomic E-state index is 12.7. The predicted octanol–water partition coefficient (Wildman–Crippen LogP) is 2.50. The summed E-state index contributed by atoms with van der Waals surface area (Å²) in [5.41, 5.74) is 0. The second kappa shape index (κ2) is 6.00. The van der Waals surface area contributed by atoms with E-state index in [9.17, 15) is 4.79 Å². The highest BCUT2D eigenvalue weighted by Crippen LogP contribution is 2.31. The first-order valence-corrected chi connectivity index (χ1v) is 7.75. The standard InChI is InChI=1S/C16H24N2O2/c1-17-9-7-14(8-10-17)18(12-15-6-3-11-20-15)16(19)13-4-2-5-13/h3,6,11,13-14H,2,4-5,7-10,12H2,1H3. The van der Waals surface area contributed by atoms with Crippen LogP contribution in [0.2, 0.25) is 0 Å². The van der Waals surface area contributed by atoms with Crippen LogP contribution in [0.15, 0.2) is 22.8 Å². The number of amides is 1. The molecule has 0 radical (unpaired) electrons. The van der Waals surface area contributed by atoms with E-state index >= 15 is 0 Å². The molecule has 0 bridgehead atoms. The molecule has 1 aliphatic carbocycles. The monoisotopic (exact) mass is 276 g/mol. The normalized spacial score (nSPS) is 21.6. The Balaban J connectivity index is 1.70. The average molecular weight is 276 g/mol. The first-order chi connectivity index (χ1) is 9.74. The molecular weight excluding hydrogens is 252 g/mol. The zero-order valence-corrected chi connectivity index (χ0v) is 12.3. The Morgan fingerprint density at radius 3 is 2.65 bits per heavy atom. The maximum Gasteiger partial charge on any atom is 0.226 e. The van der Waals surface area contributed by atoms with Crippen molar-refractivity contribution in [3.8, 4) is 0 Å². The van der Waals surface area contributed by atoms with Gasteiger partial charge in [0.1, 0.15) is 5.76 Å². The van der Waals surface area contributed by atoms with Gasteiger partial charge in [-0.1, -0.05) is 6.42 Å². The van der Waals surface area contributed by atoms with E-state index < -0.39 is 0 Å². The zero-order valence-electron chi connectivity index (χ0n) is 12.3. The van der Waals surface area contributed by atoms with E-state index in [4.69, 9.17) is 4.42 Å². The smallest absolute Gasteiger partial charge is 0.226 e. The van der Waals surface area contributed by atoms with Crippen LogP contribution in [-0.2, 0) is 11.3 Å². The van der Waals surface area contributed by atoms with Crippen LogP contribution in [0.3, 0.4) is 0 Å². The molecule has 0 unspecified atom stereocenters. The number of piperidine rings is 1. The van der Waals surface area contributed by atoms with Crippen molar-refractivity contribution >= 4 is 5.91 Å². The van der Waals surface area contributed by atoms with Crippen LogP contribution < -0.4 is 0 Å². The lowest BCUT2D eigenvalue weighted by atomic mass is 9.83. The predicted molar refractivity (Wildman–Crippen MR) is 77.1 cm³/mol. The van der Waals surface area contributed by atoms with Gasteiger partial charge in [0.2, 0.25) is 5.91 Å². The van der Waals surface area contributed by atoms with Crippen molar-refractivity contribution in [2.45, 2.75) is 44.7 Å². The zero-order chi connectivity index (χ0) is 13.9. The molecular formula is C16H24N2O2. The van der Waals surface area contributed by atoms with Gasteiger partial charge >= 0.3 is 0 Å². The lowest BCUT2D eigenvalue weighted by Crippen LogP contribution is -2.49. The second-order valence-electron chi connectivity index (χ2n) is 6.21. The summed E-state index contributed by atoms with van der Waals surface area (Å²) < 4.78 is 5.45. The summed E-state index contributed by atoms with van der Waals surface area (Å²) in [5, 5.41) is 0. The molecule has 1 amide bonds. The molecule has 0 aromatic carbocycles. The van der Waals surface area contributed by atoms with Crippen LogP contribution in [-0.4, -0.2) is 41.9 Å². The minimum Gasteiger partial charge on any atom is -0.467 e. The number of rotatable bonds is 4. The lowest BCUT2D eigenvalue weighted by molar-refractivity contribution is -0.142. The minimum atomic E-state index is 0.268. The Hall–Kier alpha value is -1.29. The van der Waals surface area contributed by atoms with E-state index in [1.165, 1.54) is 6.42 Å². The Bertz CT molecular complexity index is 431. The van der Waals surface area contributed by atoms with Gasteiger partial charge < -0.3 is 14.2 Å². The van der Waals surface area contributed by atoms with Crippen LogP contribution in [0.5, 0.6) is 0 Å². The highest BCUT2D eigenvalue weighted by atomic mass is 16.3. The first-order valence-electron chi connectivity index (χ1n) is 7.75. The summed E-state index contributed by atoms with van der Waals surface area (Å²) in [4.78, 5) is 17.1. The quantitative estimate of drug-likeness (QED) is 0.848. The molecule has 4 heteroatoms. The molecule has 0 spiro atoms. The van der Waals surface area contributed by atoms with E-state index in [0.717, 1.165) is 44.5 Å². The molecule has 2 aliphatic rings. The molecule has 1 saturated heterocycles. The van der Waals surface area contributed by atoms with E-state index in [-0.39, 0.29) is 5.92 Å². The topological polar surface area (TPSA) is 36.7 Å². The van der Waals surface area contributed by atoms with Gasteiger partial charge in [0.05, 0.1) is 12.8 Å². The fourth-order valence-electron chi connectivity index (χ4n) is 3.15. The summed E-state index contributed by atoms with van der Waals surface area (Å²) in [6, 6.07) is 4.25. The molecule has 2 heterocycles. The SMILES string of the molecule is CN1CCC(N(Cc2ccco2)C(=O)C2CCC2)CC1. The van der Waals surface area contributed by atoms with Gasteiger partial charge in [-0.05, 0) is 58.0 Å². The van der Waals surface area contributed by atoms with Gasteiger partial charge in [0.25, 0.3) is 0 Å². The number of hydrogen-bond acceptors (Lipinski definition) is 3. The number of likely N-dealkylation sites (tertiary alicyclic amines) is 1. The molecule has 2 fully saturated rings. The lowest BCUT2D eigenvalue weighted by Gasteiger charge is -2.40. The maximum absolute atomic E-state index is 12.7. The third-order valence-electron chi connectivity index (χ3n) is 4.77. The molecule has 20 heavy (non-hydrogen) atoms. The molecule has 0 N–H and O–H groups in total. The Kier molecular flexibility index (Phi) is 4.10. The van der Waals surface area contributed by atoms with Gasteiger partial charge in [-0.15, -0.1) is 0 Å². The number of furan rings is 1. The van der Waals surface area contributed by atoms with Gasteiger partial charge in [-0.2, -0.15) is 0 Å². The Morgan fingerprint density at radius 2 is 2.10 bits per heavy atom. The van der Waals surface area contributed by atoms with E-state index in [2.05, 4.69) is 16.8 Å². The number of hydrogen-bond donors (Lipinski definition) is 0. The number of nitrogens with zero attached hydrogens (tertiary/aromatic N) is 2. The molecule has 1 saturated carbocycles. The van der Waals surface area contributed by atoms with Gasteiger partial charge in [-0.3, -0.25) is 4.79 Å². The van der Waals surface area contributed by atoms with E-state index in [1.807, 2.05) is 12.1 Å². The van der Waals surface area contributed by atoms with Crippen molar-refractivity contribution in [3.05, 3.63) is 24.2 Å². The fourth-order valence-corrected chi connectivity index (χ4v) is 3.15. The van der Waals surface area contributed by atoms with Crippen LogP contribution >= 0.6 is 0 Å². The van der Waals surface area contributed by atoms with Crippen molar-refractivity contribution < 1.29 is 9.21 Å². The number of carbonyl (C=O) groups excluding carboxylic acids is 1. The summed E-state index contributed by atoms with van der Waals surface area (Å²) in [5.74, 6) is 1.52. The largest absolute Gasteiger partial charge is 0.467 e. The fraction of sp³-hybridized carbons (Fsp3) is 0.688. The molecule has 4 nitrogen and oxygen atoms in total.